The van der Waals surface area contributed by atoms with Crippen molar-refractivity contribution in [3.63, 3.8) is 0 Å². The SMILES string of the molecule is O=C1C(=O)N(Cc2ccccc2Cl)c2cc(F)ccc21. The van der Waals surface area contributed by atoms with Crippen LogP contribution in [0.15, 0.2) is 42.5 Å². The van der Waals surface area contributed by atoms with Gasteiger partial charge in [0.05, 0.1) is 17.8 Å². The number of hydrogen-bond donors (Lipinski definition) is 0. The van der Waals surface area contributed by atoms with Crippen molar-refractivity contribution < 1.29 is 14.0 Å². The van der Waals surface area contributed by atoms with E-state index in [0.29, 0.717) is 16.3 Å². The van der Waals surface area contributed by atoms with Crippen LogP contribution in [0.4, 0.5) is 10.1 Å². The van der Waals surface area contributed by atoms with Gasteiger partial charge in [-0.15, -0.1) is 0 Å². The van der Waals surface area contributed by atoms with Crippen molar-refractivity contribution in [2.24, 2.45) is 0 Å². The van der Waals surface area contributed by atoms with Gasteiger partial charge in [-0.25, -0.2) is 4.39 Å². The van der Waals surface area contributed by atoms with E-state index in [1.165, 1.54) is 23.1 Å². The zero-order chi connectivity index (χ0) is 14.3. The number of rotatable bonds is 2. The fourth-order valence-corrected chi connectivity index (χ4v) is 2.42. The molecule has 3 nitrogen and oxygen atoms in total. The van der Waals surface area contributed by atoms with Gasteiger partial charge in [0.2, 0.25) is 0 Å². The van der Waals surface area contributed by atoms with E-state index >= 15 is 0 Å². The Kier molecular flexibility index (Phi) is 3.03. The number of fused-ring (bicyclic) bond motifs is 1. The standard InChI is InChI=1S/C15H9ClFNO2/c16-12-4-2-1-3-9(12)8-18-13-7-10(17)5-6-11(13)14(19)15(18)20/h1-7H,8H2. The molecule has 0 saturated carbocycles. The summed E-state index contributed by atoms with van der Waals surface area (Å²) in [6, 6.07) is 10.7. The average Bonchev–Trinajstić information content (AvgIpc) is 2.66. The summed E-state index contributed by atoms with van der Waals surface area (Å²) in [6.07, 6.45) is 0. The number of hydrogen-bond acceptors (Lipinski definition) is 2. The topological polar surface area (TPSA) is 37.4 Å². The molecule has 0 aromatic heterocycles. The molecule has 0 unspecified atom stereocenters. The summed E-state index contributed by atoms with van der Waals surface area (Å²) in [5.41, 5.74) is 1.22. The first-order chi connectivity index (χ1) is 9.58. The molecule has 100 valence electrons. The molecule has 1 aliphatic rings. The monoisotopic (exact) mass is 289 g/mol. The van der Waals surface area contributed by atoms with Crippen LogP contribution in [-0.4, -0.2) is 11.7 Å². The third-order valence-corrected chi connectivity index (χ3v) is 3.59. The number of carbonyl (C=O) groups excluding carboxylic acids is 2. The Labute approximate surface area is 119 Å². The first-order valence-electron chi connectivity index (χ1n) is 5.97. The van der Waals surface area contributed by atoms with Gasteiger partial charge in [0.1, 0.15) is 5.82 Å². The van der Waals surface area contributed by atoms with E-state index in [1.54, 1.807) is 24.3 Å². The molecule has 0 saturated heterocycles. The second kappa shape index (κ2) is 4.72. The molecular formula is C15H9ClFNO2. The normalized spacial score (nSPS) is 13.8. The Morgan fingerprint density at radius 1 is 1.10 bits per heavy atom. The lowest BCUT2D eigenvalue weighted by atomic mass is 10.1. The Balaban J connectivity index is 2.03. The number of amides is 1. The van der Waals surface area contributed by atoms with Crippen LogP contribution in [0, 0.1) is 5.82 Å². The van der Waals surface area contributed by atoms with E-state index in [-0.39, 0.29) is 12.1 Å². The summed E-state index contributed by atoms with van der Waals surface area (Å²) >= 11 is 6.05. The molecule has 0 fully saturated rings. The highest BCUT2D eigenvalue weighted by atomic mass is 35.5. The molecule has 0 N–H and O–H groups in total. The van der Waals surface area contributed by atoms with E-state index in [9.17, 15) is 14.0 Å². The highest BCUT2D eigenvalue weighted by Gasteiger charge is 2.36. The molecule has 2 aromatic carbocycles. The van der Waals surface area contributed by atoms with Crippen LogP contribution < -0.4 is 4.90 Å². The molecule has 1 aliphatic heterocycles. The van der Waals surface area contributed by atoms with Crippen molar-refractivity contribution >= 4 is 29.0 Å². The Bertz CT molecular complexity index is 730. The fraction of sp³-hybridized carbons (Fsp3) is 0.0667. The molecule has 20 heavy (non-hydrogen) atoms. The molecule has 2 aromatic rings. The van der Waals surface area contributed by atoms with Gasteiger partial charge < -0.3 is 4.90 Å². The smallest absolute Gasteiger partial charge is 0.299 e. The third-order valence-electron chi connectivity index (χ3n) is 3.22. The van der Waals surface area contributed by atoms with E-state index in [2.05, 4.69) is 0 Å². The Hall–Kier alpha value is -2.20. The summed E-state index contributed by atoms with van der Waals surface area (Å²) in [5.74, 6) is -1.77. The van der Waals surface area contributed by atoms with Gasteiger partial charge in [0, 0.05) is 5.02 Å². The van der Waals surface area contributed by atoms with E-state index in [4.69, 9.17) is 11.6 Å². The van der Waals surface area contributed by atoms with Crippen LogP contribution in [0.25, 0.3) is 0 Å². The van der Waals surface area contributed by atoms with Gasteiger partial charge in [0.25, 0.3) is 11.7 Å². The van der Waals surface area contributed by atoms with E-state index in [0.717, 1.165) is 0 Å². The van der Waals surface area contributed by atoms with Gasteiger partial charge >= 0.3 is 0 Å². The number of ketones is 1. The lowest BCUT2D eigenvalue weighted by Gasteiger charge is -2.17. The van der Waals surface area contributed by atoms with Crippen molar-refractivity contribution in [2.45, 2.75) is 6.54 Å². The average molecular weight is 290 g/mol. The van der Waals surface area contributed by atoms with Crippen molar-refractivity contribution in [1.29, 1.82) is 0 Å². The Morgan fingerprint density at radius 3 is 2.60 bits per heavy atom. The van der Waals surface area contributed by atoms with E-state index < -0.39 is 17.5 Å². The molecule has 0 aliphatic carbocycles. The van der Waals surface area contributed by atoms with Crippen LogP contribution in [0.1, 0.15) is 15.9 Å². The van der Waals surface area contributed by atoms with Crippen LogP contribution in [0.3, 0.4) is 0 Å². The molecule has 0 atom stereocenters. The highest BCUT2D eigenvalue weighted by molar-refractivity contribution is 6.52. The quantitative estimate of drug-likeness (QED) is 0.796. The predicted molar refractivity (Wildman–Crippen MR) is 73.4 cm³/mol. The van der Waals surface area contributed by atoms with Gasteiger partial charge in [-0.05, 0) is 29.8 Å². The number of Topliss-reactive ketones (excluding diaryl/α,β-unsaturated/α-hetero) is 1. The molecular weight excluding hydrogens is 281 g/mol. The lowest BCUT2D eigenvalue weighted by Crippen LogP contribution is -2.29. The van der Waals surface area contributed by atoms with Crippen LogP contribution in [0.5, 0.6) is 0 Å². The maximum absolute atomic E-state index is 13.3. The zero-order valence-electron chi connectivity index (χ0n) is 10.3. The van der Waals surface area contributed by atoms with Gasteiger partial charge in [0.15, 0.2) is 0 Å². The number of anilines is 1. The Morgan fingerprint density at radius 2 is 1.85 bits per heavy atom. The molecule has 0 spiro atoms. The second-order valence-electron chi connectivity index (χ2n) is 4.47. The first-order valence-corrected chi connectivity index (χ1v) is 6.35. The summed E-state index contributed by atoms with van der Waals surface area (Å²) in [6.45, 7) is 0.140. The lowest BCUT2D eigenvalue weighted by molar-refractivity contribution is -0.114. The summed E-state index contributed by atoms with van der Waals surface area (Å²) in [4.78, 5) is 25.1. The van der Waals surface area contributed by atoms with Gasteiger partial charge in [-0.1, -0.05) is 29.8 Å². The predicted octanol–water partition coefficient (Wildman–Crippen LogP) is 3.21. The minimum atomic E-state index is -0.662. The number of halogens is 2. The number of nitrogens with zero attached hydrogens (tertiary/aromatic N) is 1. The minimum absolute atomic E-state index is 0.140. The fourth-order valence-electron chi connectivity index (χ4n) is 2.22. The third kappa shape index (κ3) is 1.98. The largest absolute Gasteiger partial charge is 0.300 e. The molecule has 1 amide bonds. The van der Waals surface area contributed by atoms with Crippen molar-refractivity contribution in [2.75, 3.05) is 4.90 Å². The number of carbonyl (C=O) groups is 2. The molecule has 1 heterocycles. The van der Waals surface area contributed by atoms with E-state index in [1.807, 2.05) is 0 Å². The molecule has 3 rings (SSSR count). The number of benzene rings is 2. The van der Waals surface area contributed by atoms with Gasteiger partial charge in [-0.3, -0.25) is 9.59 Å². The highest BCUT2D eigenvalue weighted by Crippen LogP contribution is 2.32. The summed E-state index contributed by atoms with van der Waals surface area (Å²) in [5, 5.41) is 0.498. The summed E-state index contributed by atoms with van der Waals surface area (Å²) in [7, 11) is 0. The maximum Gasteiger partial charge on any atom is 0.299 e. The molecule has 5 heteroatoms. The van der Waals surface area contributed by atoms with Crippen molar-refractivity contribution in [1.82, 2.24) is 0 Å². The second-order valence-corrected chi connectivity index (χ2v) is 4.88. The van der Waals surface area contributed by atoms with Gasteiger partial charge in [-0.2, -0.15) is 0 Å². The first kappa shape index (κ1) is 12.8. The summed E-state index contributed by atoms with van der Waals surface area (Å²) < 4.78 is 13.3. The minimum Gasteiger partial charge on any atom is -0.300 e. The molecule has 0 bridgehead atoms. The maximum atomic E-state index is 13.3. The molecule has 0 radical (unpaired) electrons. The zero-order valence-corrected chi connectivity index (χ0v) is 11.0. The van der Waals surface area contributed by atoms with Crippen LogP contribution >= 0.6 is 11.6 Å². The van der Waals surface area contributed by atoms with Crippen LogP contribution in [-0.2, 0) is 11.3 Å². The van der Waals surface area contributed by atoms with Crippen molar-refractivity contribution in [3.05, 3.63) is 64.4 Å². The van der Waals surface area contributed by atoms with Crippen molar-refractivity contribution in [3.8, 4) is 0 Å². The van der Waals surface area contributed by atoms with Crippen LogP contribution in [0.2, 0.25) is 5.02 Å².